The predicted molar refractivity (Wildman–Crippen MR) is 136 cm³/mol. The number of H-pyrrole nitrogens is 1. The molecular formula is C28H36F3N3O2. The lowest BCUT2D eigenvalue weighted by Gasteiger charge is -2.37. The van der Waals surface area contributed by atoms with Gasteiger partial charge < -0.3 is 14.8 Å². The van der Waals surface area contributed by atoms with Crippen LogP contribution in [0, 0.1) is 23.5 Å². The minimum atomic E-state index is -0.651. The molecule has 36 heavy (non-hydrogen) atoms. The normalized spacial score (nSPS) is 19.3. The number of aliphatic hydroxyl groups excluding tert-OH is 1. The number of fused-ring (bicyclic) bond motifs is 3. The van der Waals surface area contributed by atoms with E-state index >= 15 is 0 Å². The lowest BCUT2D eigenvalue weighted by molar-refractivity contribution is 0.0667. The second kappa shape index (κ2) is 12.1. The SMILES string of the molecule is C[C@H](CO)CN1Cc2[nH]c3ccccc3c2C[C@H]1C.FCC1CN(CCOc2cc(F)cc(F)c2)C1. The number of ether oxygens (including phenoxy) is 1. The third-order valence-electron chi connectivity index (χ3n) is 7.01. The molecule has 0 aliphatic carbocycles. The minimum absolute atomic E-state index is 0.140. The lowest BCUT2D eigenvalue weighted by Crippen LogP contribution is -2.49. The van der Waals surface area contributed by atoms with Crippen molar-refractivity contribution in [3.63, 3.8) is 0 Å². The van der Waals surface area contributed by atoms with Gasteiger partial charge in [0.15, 0.2) is 0 Å². The van der Waals surface area contributed by atoms with Crippen molar-refractivity contribution in [2.45, 2.75) is 32.9 Å². The van der Waals surface area contributed by atoms with Gasteiger partial charge in [0.2, 0.25) is 0 Å². The second-order valence-corrected chi connectivity index (χ2v) is 10.1. The fraction of sp³-hybridized carbons (Fsp3) is 0.500. The molecular weight excluding hydrogens is 467 g/mol. The molecule has 1 aromatic heterocycles. The summed E-state index contributed by atoms with van der Waals surface area (Å²) < 4.78 is 43.0. The van der Waals surface area contributed by atoms with Crippen molar-refractivity contribution < 1.29 is 23.0 Å². The first-order chi connectivity index (χ1) is 17.4. The van der Waals surface area contributed by atoms with Gasteiger partial charge >= 0.3 is 0 Å². The van der Waals surface area contributed by atoms with Crippen LogP contribution in [0.4, 0.5) is 13.2 Å². The molecule has 0 radical (unpaired) electrons. The molecule has 1 fully saturated rings. The molecule has 2 atom stereocenters. The van der Waals surface area contributed by atoms with Crippen LogP contribution in [0.5, 0.6) is 5.75 Å². The zero-order valence-corrected chi connectivity index (χ0v) is 21.0. The Kier molecular flexibility index (Phi) is 8.93. The molecule has 1 saturated heterocycles. The molecule has 0 bridgehead atoms. The van der Waals surface area contributed by atoms with Crippen LogP contribution in [0.3, 0.4) is 0 Å². The number of aliphatic hydroxyl groups is 1. The van der Waals surface area contributed by atoms with Gasteiger partial charge in [0.05, 0.1) is 6.67 Å². The molecule has 0 amide bonds. The number of aromatic amines is 1. The molecule has 5 nitrogen and oxygen atoms in total. The summed E-state index contributed by atoms with van der Waals surface area (Å²) in [6.07, 6.45) is 1.09. The Morgan fingerprint density at radius 3 is 2.56 bits per heavy atom. The highest BCUT2D eigenvalue weighted by molar-refractivity contribution is 5.84. The second-order valence-electron chi connectivity index (χ2n) is 10.1. The molecule has 8 heteroatoms. The number of hydrogen-bond acceptors (Lipinski definition) is 4. The Bertz CT molecular complexity index is 1110. The van der Waals surface area contributed by atoms with Gasteiger partial charge in [0, 0.05) is 86.1 Å². The van der Waals surface area contributed by atoms with E-state index in [-0.39, 0.29) is 24.9 Å². The summed E-state index contributed by atoms with van der Waals surface area (Å²) in [5, 5.41) is 10.6. The predicted octanol–water partition coefficient (Wildman–Crippen LogP) is 4.79. The Morgan fingerprint density at radius 2 is 1.86 bits per heavy atom. The maximum Gasteiger partial charge on any atom is 0.129 e. The zero-order valence-electron chi connectivity index (χ0n) is 21.0. The maximum atomic E-state index is 12.8. The van der Waals surface area contributed by atoms with Gasteiger partial charge in [-0.05, 0) is 30.9 Å². The van der Waals surface area contributed by atoms with E-state index in [0.29, 0.717) is 25.1 Å². The molecule has 2 N–H and O–H groups in total. The van der Waals surface area contributed by atoms with Crippen molar-refractivity contribution in [2.75, 3.05) is 46.1 Å². The number of para-hydroxylation sites is 1. The Labute approximate surface area is 210 Å². The van der Waals surface area contributed by atoms with Crippen LogP contribution < -0.4 is 4.74 Å². The van der Waals surface area contributed by atoms with Gasteiger partial charge in [-0.3, -0.25) is 14.2 Å². The molecule has 2 aromatic carbocycles. The lowest BCUT2D eigenvalue weighted by atomic mass is 9.96. The van der Waals surface area contributed by atoms with Crippen molar-refractivity contribution in [3.8, 4) is 5.75 Å². The standard InChI is InChI=1S/C16H22N2O.C12H14F3NO/c1-11(10-19)8-18-9-16-14(7-12(18)2)13-5-3-4-6-15(13)17-16;13-6-9-7-16(8-9)1-2-17-12-4-10(14)3-11(15)5-12/h3-6,11-12,17,19H,7-10H2,1-2H3;3-5,9H,1-2,6-8H2/t11-,12+;/m0./s1. The van der Waals surface area contributed by atoms with Gasteiger partial charge in [-0.2, -0.15) is 0 Å². The summed E-state index contributed by atoms with van der Waals surface area (Å²) in [6, 6.07) is 12.2. The van der Waals surface area contributed by atoms with Crippen LogP contribution in [-0.4, -0.2) is 72.0 Å². The quantitative estimate of drug-likeness (QED) is 0.464. The maximum absolute atomic E-state index is 12.8. The molecule has 0 unspecified atom stereocenters. The molecule has 0 spiro atoms. The first-order valence-corrected chi connectivity index (χ1v) is 12.7. The molecule has 0 saturated carbocycles. The summed E-state index contributed by atoms with van der Waals surface area (Å²) in [5.41, 5.74) is 4.08. The highest BCUT2D eigenvalue weighted by Gasteiger charge is 2.27. The minimum Gasteiger partial charge on any atom is -0.492 e. The zero-order chi connectivity index (χ0) is 25.7. The Morgan fingerprint density at radius 1 is 1.14 bits per heavy atom. The molecule has 2 aliphatic rings. The van der Waals surface area contributed by atoms with Gasteiger partial charge in [0.1, 0.15) is 24.0 Å². The summed E-state index contributed by atoms with van der Waals surface area (Å²) >= 11 is 0. The van der Waals surface area contributed by atoms with Crippen molar-refractivity contribution in [1.29, 1.82) is 0 Å². The number of nitrogens with one attached hydrogen (secondary N) is 1. The van der Waals surface area contributed by atoms with Crippen molar-refractivity contribution in [3.05, 3.63) is 65.4 Å². The fourth-order valence-corrected chi connectivity index (χ4v) is 4.97. The van der Waals surface area contributed by atoms with Crippen LogP contribution in [-0.2, 0) is 13.0 Å². The summed E-state index contributed by atoms with van der Waals surface area (Å²) in [4.78, 5) is 8.07. The molecule has 2 aliphatic heterocycles. The molecule has 3 heterocycles. The van der Waals surface area contributed by atoms with E-state index in [4.69, 9.17) is 4.74 Å². The van der Waals surface area contributed by atoms with Crippen LogP contribution >= 0.6 is 0 Å². The number of halogens is 3. The van der Waals surface area contributed by atoms with E-state index in [1.807, 2.05) is 4.90 Å². The van der Waals surface area contributed by atoms with E-state index in [2.05, 4.69) is 48.0 Å². The van der Waals surface area contributed by atoms with Crippen molar-refractivity contribution in [1.82, 2.24) is 14.8 Å². The number of alkyl halides is 1. The largest absolute Gasteiger partial charge is 0.492 e. The number of benzene rings is 2. The Balaban J connectivity index is 0.000000170. The van der Waals surface area contributed by atoms with E-state index in [0.717, 1.165) is 50.8 Å². The van der Waals surface area contributed by atoms with Crippen LogP contribution in [0.25, 0.3) is 10.9 Å². The summed E-state index contributed by atoms with van der Waals surface area (Å²) in [5.74, 6) is -0.636. The number of hydrogen-bond donors (Lipinski definition) is 2. The number of rotatable bonds is 8. The Hall–Kier alpha value is -2.55. The number of likely N-dealkylation sites (tertiary alicyclic amines) is 1. The van der Waals surface area contributed by atoms with Crippen LogP contribution in [0.1, 0.15) is 25.1 Å². The van der Waals surface area contributed by atoms with E-state index in [1.54, 1.807) is 0 Å². The average molecular weight is 504 g/mol. The van der Waals surface area contributed by atoms with Gasteiger partial charge in [0.25, 0.3) is 0 Å². The van der Waals surface area contributed by atoms with Crippen LogP contribution in [0.2, 0.25) is 0 Å². The van der Waals surface area contributed by atoms with Crippen molar-refractivity contribution in [2.24, 2.45) is 11.8 Å². The van der Waals surface area contributed by atoms with E-state index in [1.165, 1.54) is 22.2 Å². The van der Waals surface area contributed by atoms with Crippen LogP contribution in [0.15, 0.2) is 42.5 Å². The van der Waals surface area contributed by atoms with E-state index in [9.17, 15) is 18.3 Å². The topological polar surface area (TPSA) is 51.7 Å². The smallest absolute Gasteiger partial charge is 0.129 e. The first-order valence-electron chi connectivity index (χ1n) is 12.7. The van der Waals surface area contributed by atoms with Gasteiger partial charge in [-0.25, -0.2) is 8.78 Å². The highest BCUT2D eigenvalue weighted by atomic mass is 19.1. The summed E-state index contributed by atoms with van der Waals surface area (Å²) in [6.45, 7) is 8.77. The molecule has 5 rings (SSSR count). The van der Waals surface area contributed by atoms with E-state index < -0.39 is 11.6 Å². The third kappa shape index (κ3) is 6.60. The van der Waals surface area contributed by atoms with Gasteiger partial charge in [-0.15, -0.1) is 0 Å². The number of aromatic nitrogens is 1. The van der Waals surface area contributed by atoms with Gasteiger partial charge in [-0.1, -0.05) is 25.1 Å². The average Bonchev–Trinajstić information content (AvgIpc) is 3.17. The summed E-state index contributed by atoms with van der Waals surface area (Å²) in [7, 11) is 0. The highest BCUT2D eigenvalue weighted by Crippen LogP contribution is 2.30. The third-order valence-corrected chi connectivity index (χ3v) is 7.01. The fourth-order valence-electron chi connectivity index (χ4n) is 4.97. The van der Waals surface area contributed by atoms with Crippen molar-refractivity contribution >= 4 is 10.9 Å². The molecule has 3 aromatic rings. The monoisotopic (exact) mass is 503 g/mol. The number of nitrogens with zero attached hydrogens (tertiary/aromatic N) is 2. The molecule has 196 valence electrons. The first kappa shape index (κ1) is 26.5.